The number of fused-ring (bicyclic) bond motifs is 4. The molecule has 3 heteroatoms. The molecule has 8 aromatic rings. The Morgan fingerprint density at radius 3 is 1.98 bits per heavy atom. The molecule has 0 amide bonds. The highest BCUT2D eigenvalue weighted by atomic mass is 16.3. The van der Waals surface area contributed by atoms with Crippen molar-refractivity contribution in [2.75, 3.05) is 0 Å². The molecule has 0 unspecified atom stereocenters. The van der Waals surface area contributed by atoms with Crippen molar-refractivity contribution in [2.45, 2.75) is 53.3 Å². The molecule has 0 saturated carbocycles. The van der Waals surface area contributed by atoms with Crippen molar-refractivity contribution in [3.05, 3.63) is 144 Å². The lowest BCUT2D eigenvalue weighted by molar-refractivity contribution is -0.633. The Balaban J connectivity index is 1.49. The first-order valence-corrected chi connectivity index (χ1v) is 16.8. The van der Waals surface area contributed by atoms with E-state index in [1.165, 1.54) is 0 Å². The lowest BCUT2D eigenvalue weighted by atomic mass is 9.87. The second kappa shape index (κ2) is 11.9. The fourth-order valence-electron chi connectivity index (χ4n) is 7.32. The maximum Gasteiger partial charge on any atom is 0.299 e. The number of nitrogens with zero attached hydrogens (tertiary/aromatic N) is 2. The minimum absolute atomic E-state index is 0.240. The quantitative estimate of drug-likeness (QED) is 0.165. The maximum absolute atomic E-state index is 9.65. The number of benzene rings is 6. The number of hydrogen-bond acceptors (Lipinski definition) is 1. The van der Waals surface area contributed by atoms with Gasteiger partial charge in [0.15, 0.2) is 16.6 Å². The Morgan fingerprint density at radius 1 is 0.673 bits per heavy atom. The minimum atomic E-state index is -2.31. The van der Waals surface area contributed by atoms with Gasteiger partial charge in [-0.25, -0.2) is 4.57 Å². The van der Waals surface area contributed by atoms with Crippen LogP contribution in [0.5, 0.6) is 0 Å². The van der Waals surface area contributed by atoms with Gasteiger partial charge in [-0.2, -0.15) is 4.57 Å². The van der Waals surface area contributed by atoms with Crippen LogP contribution >= 0.6 is 0 Å². The van der Waals surface area contributed by atoms with Gasteiger partial charge in [0, 0.05) is 28.8 Å². The van der Waals surface area contributed by atoms with E-state index >= 15 is 0 Å². The van der Waals surface area contributed by atoms with Gasteiger partial charge in [-0.3, -0.25) is 0 Å². The molecule has 2 heterocycles. The molecule has 6 aromatic carbocycles. The first-order chi connectivity index (χ1) is 25.5. The summed E-state index contributed by atoms with van der Waals surface area (Å²) < 4.78 is 54.9. The van der Waals surface area contributed by atoms with Crippen LogP contribution in [0.25, 0.3) is 72.3 Å². The average Bonchev–Trinajstić information content (AvgIpc) is 3.64. The highest BCUT2D eigenvalue weighted by molar-refractivity contribution is 6.10. The molecular formula is C46H43N2O+. The van der Waals surface area contributed by atoms with Crippen molar-refractivity contribution >= 4 is 33.0 Å². The molecule has 8 rings (SSSR count). The summed E-state index contributed by atoms with van der Waals surface area (Å²) in [6, 6.07) is 40.4. The van der Waals surface area contributed by atoms with Crippen molar-refractivity contribution in [3.63, 3.8) is 0 Å². The summed E-state index contributed by atoms with van der Waals surface area (Å²) in [5, 5.41) is 1.98. The molecule has 0 atom stereocenters. The molecule has 2 aromatic heterocycles. The second-order valence-electron chi connectivity index (χ2n) is 13.5. The van der Waals surface area contributed by atoms with E-state index in [1.54, 1.807) is 12.1 Å². The molecule has 0 aliphatic rings. The molecule has 0 bridgehead atoms. The summed E-state index contributed by atoms with van der Waals surface area (Å²) >= 11 is 0. The lowest BCUT2D eigenvalue weighted by Gasteiger charge is -2.21. The molecule has 0 saturated heterocycles. The van der Waals surface area contributed by atoms with Crippen LogP contribution in [0, 0.1) is 13.8 Å². The van der Waals surface area contributed by atoms with Crippen molar-refractivity contribution in [1.82, 2.24) is 4.57 Å². The van der Waals surface area contributed by atoms with Gasteiger partial charge in [0.1, 0.15) is 16.8 Å². The van der Waals surface area contributed by atoms with Gasteiger partial charge < -0.3 is 4.42 Å². The molecule has 0 aliphatic heterocycles. The molecule has 0 aliphatic carbocycles. The standard InChI is InChI=1S/C46H43N2O/c1-28(2)38-26-35(34-21-19-33(20-22-34)32-13-9-8-10-14-32)27-39(29(3)4)44(38)48-40-24-17-30(5)25-41(40)47(7)46(48)43-31(6)18-23-37-36-15-11-12-16-42(36)49-45(37)43/h8-29H,1-7H3/q+1/i5D3,28D,29D. The van der Waals surface area contributed by atoms with Crippen molar-refractivity contribution in [1.29, 1.82) is 0 Å². The van der Waals surface area contributed by atoms with E-state index in [0.717, 1.165) is 83.5 Å². The molecule has 3 nitrogen and oxygen atoms in total. The number of aromatic nitrogens is 2. The number of rotatable bonds is 6. The Kier molecular flexibility index (Phi) is 6.23. The summed E-state index contributed by atoms with van der Waals surface area (Å²) in [6.07, 6.45) is 0. The smallest absolute Gasteiger partial charge is 0.299 e. The summed E-state index contributed by atoms with van der Waals surface area (Å²) in [5.74, 6) is -1.42. The van der Waals surface area contributed by atoms with Crippen molar-refractivity contribution < 1.29 is 15.8 Å². The Bertz CT molecular complexity index is 2690. The second-order valence-corrected chi connectivity index (χ2v) is 13.5. The van der Waals surface area contributed by atoms with Crippen molar-refractivity contribution in [2.24, 2.45) is 7.05 Å². The monoisotopic (exact) mass is 644 g/mol. The van der Waals surface area contributed by atoms with Crippen LogP contribution in [0.2, 0.25) is 0 Å². The third kappa shape index (κ3) is 5.07. The molecule has 0 spiro atoms. The highest BCUT2D eigenvalue weighted by Gasteiger charge is 2.34. The summed E-state index contributed by atoms with van der Waals surface area (Å²) in [4.78, 5) is 0. The number of furan rings is 1. The minimum Gasteiger partial charge on any atom is -0.455 e. The van der Waals surface area contributed by atoms with Crippen molar-refractivity contribution in [3.8, 4) is 39.3 Å². The SMILES string of the molecule is [2H]C([2H])([2H])c1ccc2c(c1)[n+](C)c(-c1c(C)ccc3c1oc1ccccc13)n2-c1c(C([2H])(C)C)cc(-c2ccc(-c3ccccc3)cc2)cc1C([2H])(C)C. The van der Waals surface area contributed by atoms with Gasteiger partial charge in [0.05, 0.1) is 7.05 Å². The van der Waals surface area contributed by atoms with Crippen LogP contribution in [0.4, 0.5) is 0 Å². The Morgan fingerprint density at radius 2 is 1.31 bits per heavy atom. The first-order valence-electron chi connectivity index (χ1n) is 19.3. The van der Waals surface area contributed by atoms with E-state index in [4.69, 9.17) is 8.53 Å². The molecule has 0 radical (unpaired) electrons. The maximum atomic E-state index is 9.65. The van der Waals surface area contributed by atoms with Crippen LogP contribution < -0.4 is 4.57 Å². The van der Waals surface area contributed by atoms with Gasteiger partial charge in [-0.15, -0.1) is 0 Å². The predicted octanol–water partition coefficient (Wildman–Crippen LogP) is 12.2. The molecule has 0 fully saturated rings. The van der Waals surface area contributed by atoms with Gasteiger partial charge in [0.25, 0.3) is 5.82 Å². The zero-order valence-corrected chi connectivity index (χ0v) is 28.8. The number of para-hydroxylation sites is 1. The summed E-state index contributed by atoms with van der Waals surface area (Å²) in [7, 11) is 1.96. The summed E-state index contributed by atoms with van der Waals surface area (Å²) in [6.45, 7) is 7.30. The van der Waals surface area contributed by atoms with E-state index in [-0.39, 0.29) is 5.56 Å². The largest absolute Gasteiger partial charge is 0.455 e. The third-order valence-corrected chi connectivity index (χ3v) is 9.82. The predicted molar refractivity (Wildman–Crippen MR) is 206 cm³/mol. The highest BCUT2D eigenvalue weighted by Crippen LogP contribution is 2.43. The Labute approximate surface area is 296 Å². The number of imidazole rings is 1. The van der Waals surface area contributed by atoms with E-state index in [0.29, 0.717) is 5.52 Å². The number of hydrogen-bond donors (Lipinski definition) is 0. The van der Waals surface area contributed by atoms with Gasteiger partial charge in [-0.05, 0) is 89.3 Å². The molecule has 242 valence electrons. The zero-order valence-electron chi connectivity index (χ0n) is 33.8. The van der Waals surface area contributed by atoms with E-state index < -0.39 is 18.6 Å². The lowest BCUT2D eigenvalue weighted by Crippen LogP contribution is -2.30. The number of aryl methyl sites for hydroxylation is 3. The van der Waals surface area contributed by atoms with Crippen LogP contribution in [-0.2, 0) is 7.05 Å². The van der Waals surface area contributed by atoms with Gasteiger partial charge in [0.2, 0.25) is 0 Å². The molecule has 49 heavy (non-hydrogen) atoms. The fourth-order valence-corrected chi connectivity index (χ4v) is 7.32. The van der Waals surface area contributed by atoms with Gasteiger partial charge >= 0.3 is 0 Å². The van der Waals surface area contributed by atoms with E-state index in [2.05, 4.69) is 78.2 Å². The van der Waals surface area contributed by atoms with Crippen LogP contribution in [0.15, 0.2) is 126 Å². The first kappa shape index (κ1) is 25.6. The fraction of sp³-hybridized carbons (Fsp3) is 0.196. The zero-order chi connectivity index (χ0) is 38.3. The molecule has 0 N–H and O–H groups in total. The van der Waals surface area contributed by atoms with Crippen LogP contribution in [-0.4, -0.2) is 4.57 Å². The van der Waals surface area contributed by atoms with E-state index in [9.17, 15) is 2.74 Å². The summed E-state index contributed by atoms with van der Waals surface area (Å²) in [5.41, 5.74) is 11.4. The Hall–Kier alpha value is -5.41. The van der Waals surface area contributed by atoms with Crippen LogP contribution in [0.1, 0.15) is 68.6 Å². The molecular weight excluding hydrogens is 597 g/mol. The third-order valence-electron chi connectivity index (χ3n) is 9.82. The van der Waals surface area contributed by atoms with Gasteiger partial charge in [-0.1, -0.05) is 119 Å². The van der Waals surface area contributed by atoms with E-state index in [1.807, 2.05) is 81.8 Å². The topological polar surface area (TPSA) is 21.9 Å². The van der Waals surface area contributed by atoms with Crippen LogP contribution in [0.3, 0.4) is 0 Å². The normalized spacial score (nSPS) is 14.1. The average molecular weight is 645 g/mol.